The van der Waals surface area contributed by atoms with Gasteiger partial charge < -0.3 is 20.3 Å². The van der Waals surface area contributed by atoms with Gasteiger partial charge in [0.1, 0.15) is 6.10 Å². The topological polar surface area (TPSA) is 95.9 Å². The van der Waals surface area contributed by atoms with Crippen molar-refractivity contribution in [1.82, 2.24) is 5.32 Å². The highest BCUT2D eigenvalue weighted by atomic mass is 16.5. The number of aliphatic hydroxyl groups excluding tert-OH is 2. The molecule has 55 heavy (non-hydrogen) atoms. The van der Waals surface area contributed by atoms with Crippen LogP contribution >= 0.6 is 0 Å². The predicted octanol–water partition coefficient (Wildman–Crippen LogP) is 13.3. The molecule has 0 saturated carbocycles. The zero-order chi connectivity index (χ0) is 40.3. The molecule has 0 aromatic heterocycles. The summed E-state index contributed by atoms with van der Waals surface area (Å²) in [5.74, 6) is -0.526. The molecule has 0 rings (SSSR count). The molecular weight excluding hydrogens is 683 g/mol. The Balaban J connectivity index is 4.66. The summed E-state index contributed by atoms with van der Waals surface area (Å²) in [5, 5.41) is 23.6. The second-order valence-electron chi connectivity index (χ2n) is 15.4. The van der Waals surface area contributed by atoms with Gasteiger partial charge in [-0.25, -0.2) is 0 Å². The normalized spacial score (nSPS) is 13.9. The average Bonchev–Trinajstić information content (AvgIpc) is 3.18. The van der Waals surface area contributed by atoms with E-state index in [9.17, 15) is 19.8 Å². The molecule has 0 spiro atoms. The van der Waals surface area contributed by atoms with Crippen molar-refractivity contribution in [3.8, 4) is 0 Å². The Morgan fingerprint density at radius 2 is 0.982 bits per heavy atom. The fraction of sp³-hybridized carbons (Fsp3) is 0.755. The van der Waals surface area contributed by atoms with E-state index in [0.29, 0.717) is 19.3 Å². The summed E-state index contributed by atoms with van der Waals surface area (Å²) in [5.41, 5.74) is 0. The van der Waals surface area contributed by atoms with Crippen molar-refractivity contribution in [3.05, 3.63) is 60.8 Å². The van der Waals surface area contributed by atoms with E-state index in [1.807, 2.05) is 0 Å². The van der Waals surface area contributed by atoms with Gasteiger partial charge >= 0.3 is 5.97 Å². The number of unbranched alkanes of at least 4 members (excludes halogenated alkanes) is 18. The lowest BCUT2D eigenvalue weighted by molar-refractivity contribution is -0.151. The summed E-state index contributed by atoms with van der Waals surface area (Å²) in [6.07, 6.45) is 51.4. The third-order valence-electron chi connectivity index (χ3n) is 10.1. The number of rotatable bonds is 40. The number of nitrogens with one attached hydrogen (secondary N) is 1. The van der Waals surface area contributed by atoms with Crippen molar-refractivity contribution < 1.29 is 24.5 Å². The summed E-state index contributed by atoms with van der Waals surface area (Å²) in [6, 6.07) is -0.714. The van der Waals surface area contributed by atoms with Gasteiger partial charge in [-0.2, -0.15) is 0 Å². The van der Waals surface area contributed by atoms with Crippen LogP contribution in [0.1, 0.15) is 213 Å². The van der Waals surface area contributed by atoms with Gasteiger partial charge in [-0.3, -0.25) is 9.59 Å². The third kappa shape index (κ3) is 38.2. The van der Waals surface area contributed by atoms with E-state index in [4.69, 9.17) is 4.74 Å². The molecule has 0 bridgehead atoms. The second-order valence-corrected chi connectivity index (χ2v) is 15.4. The number of allylic oxidation sites excluding steroid dienone is 10. The number of carbonyl (C=O) groups is 2. The summed E-state index contributed by atoms with van der Waals surface area (Å²) in [6.45, 7) is 6.22. The minimum absolute atomic E-state index is 0.0466. The number of esters is 1. The Morgan fingerprint density at radius 3 is 1.51 bits per heavy atom. The van der Waals surface area contributed by atoms with Gasteiger partial charge in [-0.1, -0.05) is 178 Å². The molecule has 0 aliphatic heterocycles. The molecule has 3 atom stereocenters. The van der Waals surface area contributed by atoms with E-state index in [1.165, 1.54) is 70.6 Å². The molecule has 6 nitrogen and oxygen atoms in total. The molecule has 0 aliphatic carbocycles. The molecule has 3 N–H and O–H groups in total. The van der Waals surface area contributed by atoms with Crippen molar-refractivity contribution in [2.24, 2.45) is 0 Å². The zero-order valence-corrected chi connectivity index (χ0v) is 36.0. The van der Waals surface area contributed by atoms with E-state index in [0.717, 1.165) is 96.3 Å². The Kier molecular flexibility index (Phi) is 40.8. The van der Waals surface area contributed by atoms with Crippen molar-refractivity contribution in [2.75, 3.05) is 6.61 Å². The van der Waals surface area contributed by atoms with Gasteiger partial charge in [0, 0.05) is 6.42 Å². The molecule has 0 fully saturated rings. The van der Waals surface area contributed by atoms with Gasteiger partial charge in [0.15, 0.2) is 0 Å². The highest BCUT2D eigenvalue weighted by Crippen LogP contribution is 2.17. The summed E-state index contributed by atoms with van der Waals surface area (Å²) in [7, 11) is 0. The molecule has 1 amide bonds. The van der Waals surface area contributed by atoms with Gasteiger partial charge in [0.05, 0.1) is 25.2 Å². The van der Waals surface area contributed by atoms with E-state index in [-0.39, 0.29) is 24.9 Å². The quantitative estimate of drug-likeness (QED) is 0.0328. The molecular formula is C49H87NO5. The number of hydrogen-bond donors (Lipinski definition) is 3. The average molecular weight is 770 g/mol. The lowest BCUT2D eigenvalue weighted by Crippen LogP contribution is -2.46. The molecule has 0 radical (unpaired) electrons. The minimum atomic E-state index is -0.798. The van der Waals surface area contributed by atoms with E-state index >= 15 is 0 Å². The van der Waals surface area contributed by atoms with Crippen LogP contribution < -0.4 is 5.32 Å². The maximum Gasteiger partial charge on any atom is 0.306 e. The number of carbonyl (C=O) groups excluding carboxylic acids is 2. The van der Waals surface area contributed by atoms with Gasteiger partial charge in [-0.05, 0) is 83.5 Å². The molecule has 0 aliphatic rings. The van der Waals surface area contributed by atoms with E-state index in [1.54, 1.807) is 0 Å². The van der Waals surface area contributed by atoms with Crippen LogP contribution in [-0.4, -0.2) is 46.9 Å². The lowest BCUT2D eigenvalue weighted by atomic mass is 10.0. The first-order valence-electron chi connectivity index (χ1n) is 23.0. The maximum absolute atomic E-state index is 13.1. The van der Waals surface area contributed by atoms with Crippen LogP contribution in [0.4, 0.5) is 0 Å². The molecule has 6 heteroatoms. The van der Waals surface area contributed by atoms with Gasteiger partial charge in [-0.15, -0.1) is 0 Å². The second kappa shape index (κ2) is 42.7. The van der Waals surface area contributed by atoms with Crippen molar-refractivity contribution >= 4 is 11.9 Å². The first-order valence-corrected chi connectivity index (χ1v) is 23.0. The van der Waals surface area contributed by atoms with Crippen molar-refractivity contribution in [1.29, 1.82) is 0 Å². The molecule has 3 unspecified atom stereocenters. The summed E-state index contributed by atoms with van der Waals surface area (Å²) < 4.78 is 5.88. The number of amides is 1. The van der Waals surface area contributed by atoms with Crippen LogP contribution in [0.3, 0.4) is 0 Å². The monoisotopic (exact) mass is 770 g/mol. The fourth-order valence-corrected chi connectivity index (χ4v) is 6.66. The SMILES string of the molecule is CC/C=C/C/C=C/C/C=C/CCCCC(CC(=O)NC(CO)C(O)CCCCCCCCCCCC)OC(=O)CCCCCCCCC/C=C/C/C=C/CC. The van der Waals surface area contributed by atoms with Crippen molar-refractivity contribution in [3.63, 3.8) is 0 Å². The Morgan fingerprint density at radius 1 is 0.545 bits per heavy atom. The standard InChI is InChI=1S/C49H87NO5/c1-4-7-10-13-16-19-22-24-25-27-30-33-36-39-42-49(54)55-45(40-37-34-31-28-26-23-20-17-14-11-8-5-2)43-48(53)50-46(44-51)47(52)41-38-35-32-29-21-18-15-12-9-6-3/h7-8,10-11,16-17,19-20,26,28,45-47,51-52H,4-6,9,12-15,18,21-25,27,29-44H2,1-3H3,(H,50,53)/b10-7+,11-8+,19-16+,20-17+,28-26+. The third-order valence-corrected chi connectivity index (χ3v) is 10.1. The molecule has 0 aromatic rings. The Bertz CT molecular complexity index is 999. The lowest BCUT2D eigenvalue weighted by Gasteiger charge is -2.24. The summed E-state index contributed by atoms with van der Waals surface area (Å²) in [4.78, 5) is 26.0. The number of aliphatic hydroxyl groups is 2. The van der Waals surface area contributed by atoms with E-state index in [2.05, 4.69) is 86.8 Å². The number of hydrogen-bond acceptors (Lipinski definition) is 5. The molecule has 0 aromatic carbocycles. The fourth-order valence-electron chi connectivity index (χ4n) is 6.66. The van der Waals surface area contributed by atoms with Crippen LogP contribution in [0.15, 0.2) is 60.8 Å². The van der Waals surface area contributed by atoms with Crippen LogP contribution in [0.5, 0.6) is 0 Å². The summed E-state index contributed by atoms with van der Waals surface area (Å²) >= 11 is 0. The highest BCUT2D eigenvalue weighted by molar-refractivity contribution is 5.77. The van der Waals surface area contributed by atoms with Crippen LogP contribution in [0, 0.1) is 0 Å². The van der Waals surface area contributed by atoms with Gasteiger partial charge in [0.25, 0.3) is 0 Å². The first kappa shape index (κ1) is 52.6. The maximum atomic E-state index is 13.1. The first-order chi connectivity index (χ1) is 27.0. The van der Waals surface area contributed by atoms with Crippen LogP contribution in [0.25, 0.3) is 0 Å². The minimum Gasteiger partial charge on any atom is -0.462 e. The smallest absolute Gasteiger partial charge is 0.306 e. The largest absolute Gasteiger partial charge is 0.462 e. The Labute approximate surface area is 339 Å². The van der Waals surface area contributed by atoms with Crippen LogP contribution in [-0.2, 0) is 14.3 Å². The zero-order valence-electron chi connectivity index (χ0n) is 36.0. The number of ether oxygens (including phenoxy) is 1. The van der Waals surface area contributed by atoms with Gasteiger partial charge in [0.2, 0.25) is 5.91 Å². The van der Waals surface area contributed by atoms with Crippen molar-refractivity contribution in [2.45, 2.75) is 232 Å². The predicted molar refractivity (Wildman–Crippen MR) is 236 cm³/mol. The molecule has 318 valence electrons. The van der Waals surface area contributed by atoms with E-state index < -0.39 is 18.2 Å². The highest BCUT2D eigenvalue weighted by Gasteiger charge is 2.24. The molecule has 0 heterocycles. The Hall–Kier alpha value is -2.44. The molecule has 0 saturated heterocycles. The van der Waals surface area contributed by atoms with Crippen LogP contribution in [0.2, 0.25) is 0 Å².